The molecule has 0 fully saturated rings. The van der Waals surface area contributed by atoms with Crippen LogP contribution in [0.5, 0.6) is 0 Å². The summed E-state index contributed by atoms with van der Waals surface area (Å²) in [4.78, 5) is 24.2. The Morgan fingerprint density at radius 2 is 2.05 bits per heavy atom. The van der Waals surface area contributed by atoms with Gasteiger partial charge in [0, 0.05) is 6.54 Å². The van der Waals surface area contributed by atoms with Gasteiger partial charge in [0.15, 0.2) is 18.9 Å². The number of hydrogen-bond acceptors (Lipinski definition) is 4. The van der Waals surface area contributed by atoms with Crippen LogP contribution in [0.3, 0.4) is 0 Å². The van der Waals surface area contributed by atoms with Crippen LogP contribution in [0.15, 0.2) is 21.9 Å². The summed E-state index contributed by atoms with van der Waals surface area (Å²) in [5, 5.41) is 18.5. The topological polar surface area (TPSA) is 94.2 Å². The van der Waals surface area contributed by atoms with Gasteiger partial charge >= 0.3 is 11.7 Å². The lowest BCUT2D eigenvalue weighted by Gasteiger charge is -2.15. The zero-order chi connectivity index (χ0) is 16.7. The van der Waals surface area contributed by atoms with Gasteiger partial charge in [-0.1, -0.05) is 4.52 Å². The summed E-state index contributed by atoms with van der Waals surface area (Å²) in [5.41, 5.74) is -2.69. The van der Waals surface area contributed by atoms with Gasteiger partial charge in [0.25, 0.3) is 5.56 Å². The third-order valence-corrected chi connectivity index (χ3v) is 3.05. The zero-order valence-electron chi connectivity index (χ0n) is 11.2. The third kappa shape index (κ3) is 2.30. The molecule has 22 heavy (non-hydrogen) atoms. The lowest BCUT2D eigenvalue weighted by Crippen LogP contribution is -2.57. The Labute approximate surface area is 120 Å². The van der Waals surface area contributed by atoms with E-state index in [4.69, 9.17) is 5.26 Å². The van der Waals surface area contributed by atoms with E-state index in [0.717, 1.165) is 13.8 Å². The van der Waals surface area contributed by atoms with Gasteiger partial charge in [0.1, 0.15) is 5.22 Å². The Bertz CT molecular complexity index is 950. The number of nitrogens with zero attached hydrogens (tertiary/aromatic N) is 4. The Hall–Kier alpha value is -2.83. The van der Waals surface area contributed by atoms with Crippen LogP contribution in [0, 0.1) is 11.3 Å². The highest BCUT2D eigenvalue weighted by molar-refractivity contribution is 5.41. The smallest absolute Gasteiger partial charge is 0.403 e. The van der Waals surface area contributed by atoms with Gasteiger partial charge in [-0.25, -0.2) is 0 Å². The highest BCUT2D eigenvalue weighted by Gasteiger charge is 2.30. The molecule has 0 radical (unpaired) electrons. The fourth-order valence-corrected chi connectivity index (χ4v) is 2.08. The number of rotatable bonds is 2. The maximum Gasteiger partial charge on any atom is 0.403 e. The number of hydrogen-bond donors (Lipinski definition) is 0. The van der Waals surface area contributed by atoms with Gasteiger partial charge in [0.2, 0.25) is 0 Å². The van der Waals surface area contributed by atoms with Crippen molar-refractivity contribution in [2.45, 2.75) is 19.1 Å². The van der Waals surface area contributed by atoms with Gasteiger partial charge in [-0.05, 0) is 5.76 Å². The Morgan fingerprint density at radius 3 is 2.59 bits per heavy atom. The van der Waals surface area contributed by atoms with E-state index in [-0.39, 0.29) is 18.6 Å². The maximum atomic E-state index is 12.6. The lowest BCUT2D eigenvalue weighted by atomic mass is 10.3. The van der Waals surface area contributed by atoms with Crippen LogP contribution in [0.25, 0.3) is 11.4 Å². The van der Waals surface area contributed by atoms with E-state index < -0.39 is 28.3 Å². The molecule has 10 heteroatoms. The molecule has 2 heterocycles. The molecule has 0 atom stereocenters. The molecule has 0 spiro atoms. The van der Waals surface area contributed by atoms with Gasteiger partial charge in [-0.15, -0.1) is 4.68 Å². The van der Waals surface area contributed by atoms with Crippen molar-refractivity contribution in [2.24, 2.45) is 7.05 Å². The molecule has 0 aromatic carbocycles. The van der Waals surface area contributed by atoms with Crippen LogP contribution in [-0.4, -0.2) is 15.3 Å². The molecule has 2 rings (SSSR count). The predicted molar refractivity (Wildman–Crippen MR) is 64.0 cm³/mol. The number of aryl methyl sites for hydroxylation is 2. The first kappa shape index (κ1) is 15.6. The average molecular weight is 314 g/mol. The molecule has 2 aromatic heterocycles. The summed E-state index contributed by atoms with van der Waals surface area (Å²) in [5.74, 6) is -2.50. The average Bonchev–Trinajstić information content (AvgIpc) is 2.80. The minimum atomic E-state index is -5.34. The van der Waals surface area contributed by atoms with Crippen molar-refractivity contribution < 1.29 is 23.0 Å². The van der Waals surface area contributed by atoms with E-state index >= 15 is 0 Å². The molecular weight excluding hydrogens is 305 g/mol. The summed E-state index contributed by atoms with van der Waals surface area (Å²) in [7, 11) is 1.37. The summed E-state index contributed by atoms with van der Waals surface area (Å²) in [6, 6.07) is 3.08. The first-order valence-electron chi connectivity index (χ1n) is 5.99. The molecule has 0 saturated carbocycles. The fraction of sp³-hybridized carbons (Fsp3) is 0.333. The summed E-state index contributed by atoms with van der Waals surface area (Å²) >= 11 is 0. The maximum absolute atomic E-state index is 12.6. The molecule has 7 nitrogen and oxygen atoms in total. The van der Waals surface area contributed by atoms with Crippen LogP contribution in [0.1, 0.15) is 6.42 Å². The number of aromatic nitrogens is 3. The van der Waals surface area contributed by atoms with Crippen molar-refractivity contribution in [3.8, 4) is 6.07 Å². The van der Waals surface area contributed by atoms with Crippen LogP contribution >= 0.6 is 0 Å². The van der Waals surface area contributed by atoms with Crippen molar-refractivity contribution >= 4 is 11.4 Å². The summed E-state index contributed by atoms with van der Waals surface area (Å²) in [6.45, 7) is -0.235. The van der Waals surface area contributed by atoms with Crippen LogP contribution in [0.4, 0.5) is 13.2 Å². The molecule has 0 aliphatic heterocycles. The summed E-state index contributed by atoms with van der Waals surface area (Å²) in [6.07, 6.45) is -4.16. The molecule has 116 valence electrons. The molecule has 0 aliphatic rings. The van der Waals surface area contributed by atoms with Crippen molar-refractivity contribution in [2.75, 3.05) is 0 Å². The monoisotopic (exact) mass is 314 g/mol. The molecule has 0 amide bonds. The van der Waals surface area contributed by atoms with Crippen molar-refractivity contribution in [1.82, 2.24) is 9.08 Å². The highest BCUT2D eigenvalue weighted by atomic mass is 19.4. The summed E-state index contributed by atoms with van der Waals surface area (Å²) < 4.78 is 40.5. The third-order valence-electron chi connectivity index (χ3n) is 3.05. The molecule has 0 unspecified atom stereocenters. The first-order valence-corrected chi connectivity index (χ1v) is 5.99. The second-order valence-corrected chi connectivity index (χ2v) is 4.43. The second-order valence-electron chi connectivity index (χ2n) is 4.43. The molecule has 0 bridgehead atoms. The number of halogens is 3. The number of alkyl halides is 3. The molecular formula is C12H9F3N4O3. The molecule has 0 saturated heterocycles. The Morgan fingerprint density at radius 1 is 1.41 bits per heavy atom. The Balaban J connectivity index is 3.09. The quantitative estimate of drug-likeness (QED) is 0.596. The van der Waals surface area contributed by atoms with Gasteiger partial charge < -0.3 is 5.11 Å². The van der Waals surface area contributed by atoms with E-state index in [1.54, 1.807) is 6.07 Å². The van der Waals surface area contributed by atoms with Gasteiger partial charge in [-0.2, -0.15) is 18.4 Å². The zero-order valence-corrected chi connectivity index (χ0v) is 11.2. The lowest BCUT2D eigenvalue weighted by molar-refractivity contribution is -0.739. The standard InChI is InChI=1S/C12H9F3N4O3/c1-17-6-3-7-18(5-2-4-16)10(21)8(11(22)19(7)17)9(20)12(13,14)15/h3,6H,2,5H2,1H3. The normalized spacial score (nSPS) is 13.2. The Kier molecular flexibility index (Phi) is 3.66. The van der Waals surface area contributed by atoms with E-state index in [1.165, 1.54) is 19.3 Å². The fourth-order valence-electron chi connectivity index (χ4n) is 2.08. The van der Waals surface area contributed by atoms with E-state index in [0.29, 0.717) is 0 Å². The largest absolute Gasteiger partial charge is 0.869 e. The highest BCUT2D eigenvalue weighted by Crippen LogP contribution is 2.20. The van der Waals surface area contributed by atoms with Gasteiger partial charge in [0.05, 0.1) is 18.6 Å². The minimum absolute atomic E-state index is 0.00599. The molecule has 0 aliphatic carbocycles. The van der Waals surface area contributed by atoms with Crippen molar-refractivity contribution in [1.29, 1.82) is 5.26 Å². The molecule has 2 aromatic rings. The van der Waals surface area contributed by atoms with Crippen LogP contribution < -0.4 is 26.1 Å². The van der Waals surface area contributed by atoms with E-state index in [9.17, 15) is 27.9 Å². The van der Waals surface area contributed by atoms with Crippen molar-refractivity contribution in [3.05, 3.63) is 38.2 Å². The predicted octanol–water partition coefficient (Wildman–Crippen LogP) is -2.05. The van der Waals surface area contributed by atoms with Gasteiger partial charge in [-0.3, -0.25) is 14.2 Å². The van der Waals surface area contributed by atoms with E-state index in [2.05, 4.69) is 0 Å². The van der Waals surface area contributed by atoms with E-state index in [1.807, 2.05) is 0 Å². The SMILES string of the molecule is C[n+]1ccc2n(CCC#N)c(=O)c(=C([O-])C(F)(F)F)c(=O)n21. The molecule has 0 N–H and O–H groups in total. The second kappa shape index (κ2) is 5.18. The van der Waals surface area contributed by atoms with Crippen molar-refractivity contribution in [3.63, 3.8) is 0 Å². The minimum Gasteiger partial charge on any atom is -0.869 e. The van der Waals surface area contributed by atoms with Crippen LogP contribution in [0.2, 0.25) is 0 Å². The van der Waals surface area contributed by atoms with Crippen LogP contribution in [-0.2, 0) is 13.6 Å². The number of nitriles is 1. The number of fused-ring (bicyclic) bond motifs is 1. The first-order chi connectivity index (χ1) is 10.2.